The number of carbonyl (C=O) groups excluding carboxylic acids is 1. The maximum atomic E-state index is 11.3. The van der Waals surface area contributed by atoms with E-state index < -0.39 is 5.97 Å². The first-order valence-corrected chi connectivity index (χ1v) is 10.9. The van der Waals surface area contributed by atoms with Crippen molar-refractivity contribution in [1.82, 2.24) is 0 Å². The van der Waals surface area contributed by atoms with E-state index in [1.54, 1.807) is 6.92 Å². The molecule has 33 heavy (non-hydrogen) atoms. The molecule has 0 aliphatic heterocycles. The molecule has 0 heterocycles. The molecular weight excluding hydrogens is 420 g/mol. The fraction of sp³-hybridized carbons (Fsp3) is 0.296. The number of fused-ring (bicyclic) bond motifs is 1. The first kappa shape index (κ1) is 24.1. The molecule has 0 amide bonds. The lowest BCUT2D eigenvalue weighted by atomic mass is 10.0. The van der Waals surface area contributed by atoms with Crippen LogP contribution in [0, 0.1) is 6.92 Å². The zero-order chi connectivity index (χ0) is 23.5. The SMILES string of the molecule is C=C(C)C(=O)OCCOCCOc1c(C)cc(OCCOc2ccccc2)c2ccccc12. The zero-order valence-corrected chi connectivity index (χ0v) is 19.2. The van der Waals surface area contributed by atoms with Crippen LogP contribution in [0.25, 0.3) is 10.8 Å². The van der Waals surface area contributed by atoms with E-state index in [2.05, 4.69) is 6.58 Å². The van der Waals surface area contributed by atoms with Gasteiger partial charge in [-0.2, -0.15) is 0 Å². The van der Waals surface area contributed by atoms with Gasteiger partial charge in [0.15, 0.2) is 0 Å². The number of aryl methyl sites for hydroxylation is 1. The van der Waals surface area contributed by atoms with Crippen molar-refractivity contribution in [3.05, 3.63) is 78.4 Å². The average molecular weight is 451 g/mol. The summed E-state index contributed by atoms with van der Waals surface area (Å²) in [7, 11) is 0. The molecule has 0 saturated carbocycles. The summed E-state index contributed by atoms with van der Waals surface area (Å²) < 4.78 is 28.3. The minimum absolute atomic E-state index is 0.188. The summed E-state index contributed by atoms with van der Waals surface area (Å²) in [6.45, 7) is 9.28. The standard InChI is InChI=1S/C27H30O6/c1-20(2)27(28)33-16-14-29-13-15-32-26-21(3)19-25(23-11-7-8-12-24(23)26)31-18-17-30-22-9-5-4-6-10-22/h4-12,19H,1,13-18H2,2-3H3. The Morgan fingerprint density at radius 1 is 0.788 bits per heavy atom. The Morgan fingerprint density at radius 2 is 1.42 bits per heavy atom. The van der Waals surface area contributed by atoms with Gasteiger partial charge < -0.3 is 23.7 Å². The molecule has 0 aliphatic carbocycles. The van der Waals surface area contributed by atoms with Gasteiger partial charge >= 0.3 is 5.97 Å². The summed E-state index contributed by atoms with van der Waals surface area (Å²) in [5, 5.41) is 1.96. The molecule has 6 nitrogen and oxygen atoms in total. The highest BCUT2D eigenvalue weighted by Crippen LogP contribution is 2.36. The zero-order valence-electron chi connectivity index (χ0n) is 19.2. The molecule has 0 spiro atoms. The molecule has 0 fully saturated rings. The third kappa shape index (κ3) is 7.26. The second-order valence-corrected chi connectivity index (χ2v) is 7.45. The van der Waals surface area contributed by atoms with Crippen molar-refractivity contribution < 1.29 is 28.5 Å². The van der Waals surface area contributed by atoms with Gasteiger partial charge in [-0.3, -0.25) is 0 Å². The normalized spacial score (nSPS) is 10.6. The Balaban J connectivity index is 1.51. The van der Waals surface area contributed by atoms with Gasteiger partial charge in [0.1, 0.15) is 43.7 Å². The number of rotatable bonds is 13. The van der Waals surface area contributed by atoms with Crippen LogP contribution in [0.2, 0.25) is 0 Å². The van der Waals surface area contributed by atoms with Gasteiger partial charge in [-0.1, -0.05) is 49.0 Å². The van der Waals surface area contributed by atoms with E-state index >= 15 is 0 Å². The molecule has 0 aromatic heterocycles. The van der Waals surface area contributed by atoms with Crippen LogP contribution in [0.4, 0.5) is 0 Å². The first-order chi connectivity index (χ1) is 16.1. The Morgan fingerprint density at radius 3 is 2.18 bits per heavy atom. The van der Waals surface area contributed by atoms with Crippen molar-refractivity contribution in [3.8, 4) is 17.2 Å². The monoisotopic (exact) mass is 450 g/mol. The van der Waals surface area contributed by atoms with Gasteiger partial charge in [0, 0.05) is 16.3 Å². The maximum Gasteiger partial charge on any atom is 0.333 e. The van der Waals surface area contributed by atoms with Crippen molar-refractivity contribution >= 4 is 16.7 Å². The van der Waals surface area contributed by atoms with Crippen LogP contribution in [0.1, 0.15) is 12.5 Å². The third-order valence-corrected chi connectivity index (χ3v) is 4.78. The summed E-state index contributed by atoms with van der Waals surface area (Å²) >= 11 is 0. The second-order valence-electron chi connectivity index (χ2n) is 7.45. The molecule has 174 valence electrons. The summed E-state index contributed by atoms with van der Waals surface area (Å²) in [4.78, 5) is 11.3. The van der Waals surface area contributed by atoms with Crippen LogP contribution in [0.3, 0.4) is 0 Å². The minimum atomic E-state index is -0.411. The van der Waals surface area contributed by atoms with E-state index in [-0.39, 0.29) is 6.61 Å². The van der Waals surface area contributed by atoms with Gasteiger partial charge in [0.25, 0.3) is 0 Å². The molecular formula is C27H30O6. The fourth-order valence-electron chi connectivity index (χ4n) is 3.21. The highest BCUT2D eigenvalue weighted by molar-refractivity contribution is 5.94. The van der Waals surface area contributed by atoms with Crippen molar-refractivity contribution in [2.75, 3.05) is 39.6 Å². The quantitative estimate of drug-likeness (QED) is 0.205. The topological polar surface area (TPSA) is 63.2 Å². The third-order valence-electron chi connectivity index (χ3n) is 4.78. The molecule has 0 N–H and O–H groups in total. The number of hydrogen-bond donors (Lipinski definition) is 0. The lowest BCUT2D eigenvalue weighted by Gasteiger charge is -2.16. The van der Waals surface area contributed by atoms with E-state index in [1.807, 2.05) is 67.6 Å². The summed E-state index contributed by atoms with van der Waals surface area (Å²) in [6.07, 6.45) is 0. The highest BCUT2D eigenvalue weighted by atomic mass is 16.6. The Hall–Kier alpha value is -3.51. The van der Waals surface area contributed by atoms with E-state index in [9.17, 15) is 4.79 Å². The van der Waals surface area contributed by atoms with Crippen LogP contribution >= 0.6 is 0 Å². The largest absolute Gasteiger partial charge is 0.490 e. The molecule has 0 aliphatic rings. The summed E-state index contributed by atoms with van der Waals surface area (Å²) in [6, 6.07) is 19.6. The van der Waals surface area contributed by atoms with Gasteiger partial charge in [0.2, 0.25) is 0 Å². The summed E-state index contributed by atoms with van der Waals surface area (Å²) in [5.41, 5.74) is 1.35. The highest BCUT2D eigenvalue weighted by Gasteiger charge is 2.12. The van der Waals surface area contributed by atoms with E-state index in [0.717, 1.165) is 33.6 Å². The molecule has 3 aromatic rings. The first-order valence-electron chi connectivity index (χ1n) is 10.9. The van der Waals surface area contributed by atoms with Crippen LogP contribution in [0.5, 0.6) is 17.2 Å². The van der Waals surface area contributed by atoms with E-state index in [0.29, 0.717) is 38.6 Å². The molecule has 0 bridgehead atoms. The lowest BCUT2D eigenvalue weighted by Crippen LogP contribution is -2.14. The molecule has 0 radical (unpaired) electrons. The van der Waals surface area contributed by atoms with Crippen molar-refractivity contribution in [2.24, 2.45) is 0 Å². The number of benzene rings is 3. The number of para-hydroxylation sites is 1. The van der Waals surface area contributed by atoms with Crippen LogP contribution in [-0.2, 0) is 14.3 Å². The van der Waals surface area contributed by atoms with Crippen molar-refractivity contribution in [2.45, 2.75) is 13.8 Å². The van der Waals surface area contributed by atoms with Crippen molar-refractivity contribution in [3.63, 3.8) is 0 Å². The van der Waals surface area contributed by atoms with E-state index in [4.69, 9.17) is 23.7 Å². The lowest BCUT2D eigenvalue weighted by molar-refractivity contribution is -0.140. The number of hydrogen-bond acceptors (Lipinski definition) is 6. The molecule has 0 atom stereocenters. The minimum Gasteiger partial charge on any atom is -0.490 e. The molecule has 0 unspecified atom stereocenters. The van der Waals surface area contributed by atoms with Gasteiger partial charge in [-0.15, -0.1) is 0 Å². The van der Waals surface area contributed by atoms with E-state index in [1.165, 1.54) is 0 Å². The number of carbonyl (C=O) groups is 1. The predicted octanol–water partition coefficient (Wildman–Crippen LogP) is 5.12. The summed E-state index contributed by atoms with van der Waals surface area (Å²) in [5.74, 6) is 2.01. The fourth-order valence-corrected chi connectivity index (χ4v) is 3.21. The number of ether oxygens (including phenoxy) is 5. The Labute approximate surface area is 194 Å². The smallest absolute Gasteiger partial charge is 0.333 e. The maximum absolute atomic E-state index is 11.3. The number of esters is 1. The van der Waals surface area contributed by atoms with Crippen LogP contribution < -0.4 is 14.2 Å². The second kappa shape index (κ2) is 12.5. The molecule has 3 aromatic carbocycles. The van der Waals surface area contributed by atoms with Crippen LogP contribution in [-0.4, -0.2) is 45.6 Å². The molecule has 3 rings (SSSR count). The van der Waals surface area contributed by atoms with Crippen molar-refractivity contribution in [1.29, 1.82) is 0 Å². The van der Waals surface area contributed by atoms with Gasteiger partial charge in [0.05, 0.1) is 13.2 Å². The molecule has 6 heteroatoms. The predicted molar refractivity (Wildman–Crippen MR) is 128 cm³/mol. The molecule has 0 saturated heterocycles. The Bertz CT molecular complexity index is 1060. The average Bonchev–Trinajstić information content (AvgIpc) is 2.83. The Kier molecular flexibility index (Phi) is 9.15. The van der Waals surface area contributed by atoms with Gasteiger partial charge in [-0.25, -0.2) is 4.79 Å². The van der Waals surface area contributed by atoms with Gasteiger partial charge in [-0.05, 0) is 37.6 Å². The van der Waals surface area contributed by atoms with Crippen LogP contribution in [0.15, 0.2) is 72.8 Å².